The summed E-state index contributed by atoms with van der Waals surface area (Å²) in [5, 5.41) is 9.76. The third-order valence-electron chi connectivity index (χ3n) is 4.80. The first-order valence-corrected chi connectivity index (χ1v) is 6.39. The van der Waals surface area contributed by atoms with E-state index in [0.717, 1.165) is 0 Å². The maximum Gasteiger partial charge on any atom is 0.0690 e. The van der Waals surface area contributed by atoms with Crippen LogP contribution in [0, 0.1) is 5.41 Å². The van der Waals surface area contributed by atoms with Crippen LogP contribution in [-0.4, -0.2) is 34.7 Å². The molecule has 1 saturated carbocycles. The maximum atomic E-state index is 9.76. The predicted octanol–water partition coefficient (Wildman–Crippen LogP) is 2.41. The van der Waals surface area contributed by atoms with E-state index in [1.807, 2.05) is 6.92 Å². The van der Waals surface area contributed by atoms with Crippen LogP contribution >= 0.6 is 0 Å². The predicted molar refractivity (Wildman–Crippen MR) is 62.9 cm³/mol. The highest BCUT2D eigenvalue weighted by atomic mass is 16.3. The molecule has 2 aliphatic rings. The van der Waals surface area contributed by atoms with Gasteiger partial charge in [-0.1, -0.05) is 19.3 Å². The summed E-state index contributed by atoms with van der Waals surface area (Å²) in [7, 11) is 0. The zero-order chi connectivity index (χ0) is 11.1. The minimum absolute atomic E-state index is 0.0390. The average molecular weight is 211 g/mol. The molecule has 1 unspecified atom stereocenters. The summed E-state index contributed by atoms with van der Waals surface area (Å²) >= 11 is 0. The SMILES string of the molecule is CC(O)C(C)(C)N1CC2(CCCCC2)C1. The van der Waals surface area contributed by atoms with Crippen molar-refractivity contribution in [2.75, 3.05) is 13.1 Å². The average Bonchev–Trinajstić information content (AvgIpc) is 2.15. The minimum Gasteiger partial charge on any atom is -0.392 e. The Morgan fingerprint density at radius 2 is 1.67 bits per heavy atom. The molecule has 2 rings (SSSR count). The summed E-state index contributed by atoms with van der Waals surface area (Å²) in [4.78, 5) is 2.46. The molecule has 1 heterocycles. The highest BCUT2D eigenvalue weighted by Crippen LogP contribution is 2.46. The van der Waals surface area contributed by atoms with Gasteiger partial charge in [0.1, 0.15) is 0 Å². The monoisotopic (exact) mass is 211 g/mol. The van der Waals surface area contributed by atoms with Gasteiger partial charge < -0.3 is 5.11 Å². The zero-order valence-corrected chi connectivity index (χ0v) is 10.4. The quantitative estimate of drug-likeness (QED) is 0.758. The number of aliphatic hydroxyl groups excluding tert-OH is 1. The lowest BCUT2D eigenvalue weighted by Gasteiger charge is -2.59. The van der Waals surface area contributed by atoms with Gasteiger partial charge in [-0.25, -0.2) is 0 Å². The van der Waals surface area contributed by atoms with Crippen molar-refractivity contribution in [1.82, 2.24) is 4.90 Å². The van der Waals surface area contributed by atoms with Gasteiger partial charge in [-0.3, -0.25) is 4.90 Å². The number of hydrogen-bond donors (Lipinski definition) is 1. The molecular weight excluding hydrogens is 186 g/mol. The molecule has 1 saturated heterocycles. The van der Waals surface area contributed by atoms with Crippen LogP contribution in [0.3, 0.4) is 0 Å². The van der Waals surface area contributed by atoms with Gasteiger partial charge >= 0.3 is 0 Å². The number of hydrogen-bond acceptors (Lipinski definition) is 2. The van der Waals surface area contributed by atoms with Crippen molar-refractivity contribution in [3.63, 3.8) is 0 Å². The molecule has 1 atom stereocenters. The van der Waals surface area contributed by atoms with E-state index in [-0.39, 0.29) is 11.6 Å². The summed E-state index contributed by atoms with van der Waals surface area (Å²) in [6, 6.07) is 0. The third-order valence-corrected chi connectivity index (χ3v) is 4.80. The zero-order valence-electron chi connectivity index (χ0n) is 10.4. The molecule has 0 bridgehead atoms. The van der Waals surface area contributed by atoms with Crippen LogP contribution in [-0.2, 0) is 0 Å². The Kier molecular flexibility index (Phi) is 2.85. The van der Waals surface area contributed by atoms with Crippen molar-refractivity contribution in [2.45, 2.75) is 64.5 Å². The van der Waals surface area contributed by atoms with Crippen LogP contribution in [0.25, 0.3) is 0 Å². The normalized spacial score (nSPS) is 28.8. The molecule has 2 fully saturated rings. The van der Waals surface area contributed by atoms with E-state index in [0.29, 0.717) is 5.41 Å². The minimum atomic E-state index is -0.238. The van der Waals surface area contributed by atoms with Gasteiger partial charge in [0.15, 0.2) is 0 Å². The van der Waals surface area contributed by atoms with Crippen LogP contribution in [0.2, 0.25) is 0 Å². The number of aliphatic hydroxyl groups is 1. The Morgan fingerprint density at radius 1 is 1.13 bits per heavy atom. The van der Waals surface area contributed by atoms with Crippen LogP contribution in [0.5, 0.6) is 0 Å². The Balaban J connectivity index is 1.91. The van der Waals surface area contributed by atoms with Crippen molar-refractivity contribution in [3.05, 3.63) is 0 Å². The highest BCUT2D eigenvalue weighted by molar-refractivity contribution is 5.03. The van der Waals surface area contributed by atoms with Gasteiger partial charge in [0, 0.05) is 18.6 Å². The Labute approximate surface area is 93.7 Å². The first kappa shape index (κ1) is 11.4. The fourth-order valence-electron chi connectivity index (χ4n) is 3.05. The summed E-state index contributed by atoms with van der Waals surface area (Å²) in [6.07, 6.45) is 6.87. The molecule has 1 N–H and O–H groups in total. The van der Waals surface area contributed by atoms with Gasteiger partial charge in [-0.15, -0.1) is 0 Å². The van der Waals surface area contributed by atoms with Crippen molar-refractivity contribution in [3.8, 4) is 0 Å². The van der Waals surface area contributed by atoms with Crippen LogP contribution < -0.4 is 0 Å². The van der Waals surface area contributed by atoms with E-state index in [4.69, 9.17) is 0 Å². The van der Waals surface area contributed by atoms with Gasteiger partial charge in [0.25, 0.3) is 0 Å². The smallest absolute Gasteiger partial charge is 0.0690 e. The Hall–Kier alpha value is -0.0800. The van der Waals surface area contributed by atoms with Gasteiger partial charge in [-0.05, 0) is 39.0 Å². The van der Waals surface area contributed by atoms with E-state index in [2.05, 4.69) is 18.7 Å². The Morgan fingerprint density at radius 3 is 2.13 bits per heavy atom. The van der Waals surface area contributed by atoms with Crippen LogP contribution in [0.4, 0.5) is 0 Å². The second-order valence-corrected chi connectivity index (χ2v) is 6.25. The van der Waals surface area contributed by atoms with E-state index in [1.54, 1.807) is 0 Å². The standard InChI is InChI=1S/C13H25NO/c1-11(15)12(2,3)14-9-13(10-14)7-5-4-6-8-13/h11,15H,4-10H2,1-3H3. The van der Waals surface area contributed by atoms with Gasteiger partial charge in [-0.2, -0.15) is 0 Å². The number of likely N-dealkylation sites (tertiary alicyclic amines) is 1. The molecule has 0 aromatic heterocycles. The summed E-state index contributed by atoms with van der Waals surface area (Å²) in [5.74, 6) is 0. The summed E-state index contributed by atoms with van der Waals surface area (Å²) in [5.41, 5.74) is 0.590. The first-order chi connectivity index (χ1) is 6.96. The molecule has 2 heteroatoms. The molecular formula is C13H25NO. The fourth-order valence-corrected chi connectivity index (χ4v) is 3.05. The molecule has 0 amide bonds. The molecule has 2 nitrogen and oxygen atoms in total. The largest absolute Gasteiger partial charge is 0.392 e. The van der Waals surface area contributed by atoms with Crippen molar-refractivity contribution >= 4 is 0 Å². The third kappa shape index (κ3) is 1.94. The highest BCUT2D eigenvalue weighted by Gasteiger charge is 2.49. The molecule has 0 radical (unpaired) electrons. The molecule has 15 heavy (non-hydrogen) atoms. The van der Waals surface area contributed by atoms with Gasteiger partial charge in [0.05, 0.1) is 6.10 Å². The molecule has 1 aliphatic carbocycles. The van der Waals surface area contributed by atoms with Gasteiger partial charge in [0.2, 0.25) is 0 Å². The van der Waals surface area contributed by atoms with E-state index >= 15 is 0 Å². The topological polar surface area (TPSA) is 23.5 Å². The molecule has 0 aromatic rings. The van der Waals surface area contributed by atoms with E-state index in [1.165, 1.54) is 45.2 Å². The van der Waals surface area contributed by atoms with Crippen molar-refractivity contribution in [2.24, 2.45) is 5.41 Å². The van der Waals surface area contributed by atoms with Crippen LogP contribution in [0.15, 0.2) is 0 Å². The lowest BCUT2D eigenvalue weighted by Crippen LogP contribution is -2.66. The van der Waals surface area contributed by atoms with E-state index in [9.17, 15) is 5.11 Å². The lowest BCUT2D eigenvalue weighted by atomic mass is 9.67. The van der Waals surface area contributed by atoms with E-state index < -0.39 is 0 Å². The van der Waals surface area contributed by atoms with Crippen molar-refractivity contribution < 1.29 is 5.11 Å². The fraction of sp³-hybridized carbons (Fsp3) is 1.00. The first-order valence-electron chi connectivity index (χ1n) is 6.39. The molecule has 1 spiro atoms. The maximum absolute atomic E-state index is 9.76. The number of rotatable bonds is 2. The number of nitrogens with zero attached hydrogens (tertiary/aromatic N) is 1. The van der Waals surface area contributed by atoms with Crippen molar-refractivity contribution in [1.29, 1.82) is 0 Å². The Bertz CT molecular complexity index is 221. The second-order valence-electron chi connectivity index (χ2n) is 6.25. The summed E-state index contributed by atoms with van der Waals surface area (Å²) in [6.45, 7) is 8.66. The lowest BCUT2D eigenvalue weighted by molar-refractivity contribution is -0.119. The second kappa shape index (κ2) is 3.74. The summed E-state index contributed by atoms with van der Waals surface area (Å²) < 4.78 is 0. The van der Waals surface area contributed by atoms with Crippen LogP contribution in [0.1, 0.15) is 52.9 Å². The molecule has 88 valence electrons. The molecule has 1 aliphatic heterocycles. The molecule has 0 aromatic carbocycles.